The van der Waals surface area contributed by atoms with Gasteiger partial charge in [0.1, 0.15) is 0 Å². The Morgan fingerprint density at radius 3 is 2.48 bits per heavy atom. The van der Waals surface area contributed by atoms with Crippen LogP contribution in [-0.4, -0.2) is 41.4 Å². The van der Waals surface area contributed by atoms with Crippen LogP contribution in [0.5, 0.6) is 0 Å². The lowest BCUT2D eigenvalue weighted by atomic mass is 10.0. The number of para-hydroxylation sites is 1. The van der Waals surface area contributed by atoms with Crippen molar-refractivity contribution in [3.05, 3.63) is 59.7 Å². The van der Waals surface area contributed by atoms with Crippen LogP contribution in [0.4, 0.5) is 11.4 Å². The van der Waals surface area contributed by atoms with E-state index in [1.807, 2.05) is 27.1 Å². The second kappa shape index (κ2) is 8.31. The van der Waals surface area contributed by atoms with Crippen LogP contribution < -0.4 is 14.5 Å². The van der Waals surface area contributed by atoms with Gasteiger partial charge in [-0.15, -0.1) is 0 Å². The summed E-state index contributed by atoms with van der Waals surface area (Å²) in [5.74, 6) is 0.163. The first-order chi connectivity index (χ1) is 12.9. The van der Waals surface area contributed by atoms with E-state index >= 15 is 0 Å². The average Bonchev–Trinajstić information content (AvgIpc) is 3.06. The summed E-state index contributed by atoms with van der Waals surface area (Å²) >= 11 is 0. The lowest BCUT2D eigenvalue weighted by Gasteiger charge is -2.31. The molecule has 0 aliphatic carbocycles. The summed E-state index contributed by atoms with van der Waals surface area (Å²) < 4.78 is 27.3. The van der Waals surface area contributed by atoms with E-state index in [0.717, 1.165) is 24.2 Å². The number of nitrogens with one attached hydrogen (secondary N) is 1. The van der Waals surface area contributed by atoms with Gasteiger partial charge in [0.05, 0.1) is 11.8 Å². The molecule has 1 aliphatic rings. The summed E-state index contributed by atoms with van der Waals surface area (Å²) in [6.45, 7) is 3.15. The lowest BCUT2D eigenvalue weighted by molar-refractivity contribution is 0.562. The van der Waals surface area contributed by atoms with Crippen molar-refractivity contribution in [2.45, 2.75) is 25.8 Å². The Morgan fingerprint density at radius 1 is 1.11 bits per heavy atom. The minimum atomic E-state index is -3.25. The predicted molar refractivity (Wildman–Crippen MR) is 113 cm³/mol. The molecule has 3 rings (SSSR count). The SMILES string of the molecule is CCCS(=O)(=O)NC[C@H](c1ccc(N(C)C)cc1)N1CCc2ccccc21. The maximum absolute atomic E-state index is 12.2. The fraction of sp³-hybridized carbons (Fsp3) is 0.429. The maximum Gasteiger partial charge on any atom is 0.211 e. The second-order valence-electron chi connectivity index (χ2n) is 7.24. The number of nitrogens with zero attached hydrogens (tertiary/aromatic N) is 2. The van der Waals surface area contributed by atoms with Gasteiger partial charge in [-0.3, -0.25) is 0 Å². The smallest absolute Gasteiger partial charge is 0.211 e. The molecule has 1 atom stereocenters. The van der Waals surface area contributed by atoms with Gasteiger partial charge >= 0.3 is 0 Å². The van der Waals surface area contributed by atoms with Gasteiger partial charge in [0.15, 0.2) is 0 Å². The monoisotopic (exact) mass is 387 g/mol. The molecule has 27 heavy (non-hydrogen) atoms. The topological polar surface area (TPSA) is 52.7 Å². The van der Waals surface area contributed by atoms with Gasteiger partial charge in [-0.1, -0.05) is 37.3 Å². The number of sulfonamides is 1. The van der Waals surface area contributed by atoms with Crippen LogP contribution in [0.3, 0.4) is 0 Å². The van der Waals surface area contributed by atoms with Crippen LogP contribution in [0.15, 0.2) is 48.5 Å². The number of anilines is 2. The van der Waals surface area contributed by atoms with Crippen LogP contribution in [0, 0.1) is 0 Å². The summed E-state index contributed by atoms with van der Waals surface area (Å²) in [4.78, 5) is 4.39. The van der Waals surface area contributed by atoms with Crippen molar-refractivity contribution in [2.24, 2.45) is 0 Å². The van der Waals surface area contributed by atoms with E-state index in [4.69, 9.17) is 0 Å². The van der Waals surface area contributed by atoms with Crippen molar-refractivity contribution < 1.29 is 8.42 Å². The molecule has 2 aromatic carbocycles. The fourth-order valence-corrected chi connectivity index (χ4v) is 4.73. The maximum atomic E-state index is 12.2. The summed E-state index contributed by atoms with van der Waals surface area (Å²) in [6.07, 6.45) is 1.61. The third kappa shape index (κ3) is 4.62. The highest BCUT2D eigenvalue weighted by Gasteiger charge is 2.28. The van der Waals surface area contributed by atoms with Crippen LogP contribution in [-0.2, 0) is 16.4 Å². The second-order valence-corrected chi connectivity index (χ2v) is 9.17. The third-order valence-corrected chi connectivity index (χ3v) is 6.62. The van der Waals surface area contributed by atoms with E-state index in [-0.39, 0.29) is 11.8 Å². The molecule has 0 unspecified atom stereocenters. The Bertz CT molecular complexity index is 863. The van der Waals surface area contributed by atoms with Gasteiger partial charge in [-0.05, 0) is 42.2 Å². The molecule has 146 valence electrons. The standard InChI is InChI=1S/C21H29N3O2S/c1-4-15-27(25,26)22-16-21(18-9-11-19(12-10-18)23(2)3)24-14-13-17-7-5-6-8-20(17)24/h5-12,21-22H,4,13-16H2,1-3H3/t21-/m1/s1. The van der Waals surface area contributed by atoms with Crippen molar-refractivity contribution >= 4 is 21.4 Å². The Labute approximate surface area is 163 Å². The van der Waals surface area contributed by atoms with Crippen LogP contribution >= 0.6 is 0 Å². The molecule has 0 spiro atoms. The first kappa shape index (κ1) is 19.7. The molecule has 0 fully saturated rings. The molecule has 0 bridgehead atoms. The molecular formula is C21H29N3O2S. The fourth-order valence-electron chi connectivity index (χ4n) is 3.64. The van der Waals surface area contributed by atoms with Gasteiger partial charge in [0.25, 0.3) is 0 Å². The summed E-state index contributed by atoms with van der Waals surface area (Å²) in [7, 11) is 0.784. The molecule has 2 aromatic rings. The highest BCUT2D eigenvalue weighted by molar-refractivity contribution is 7.89. The lowest BCUT2D eigenvalue weighted by Crippen LogP contribution is -2.38. The normalized spacial score (nSPS) is 14.9. The summed E-state index contributed by atoms with van der Waals surface area (Å²) in [6, 6.07) is 16.8. The number of benzene rings is 2. The van der Waals surface area contributed by atoms with Crippen molar-refractivity contribution in [3.8, 4) is 0 Å². The zero-order valence-corrected chi connectivity index (χ0v) is 17.2. The van der Waals surface area contributed by atoms with E-state index < -0.39 is 10.0 Å². The molecule has 5 nitrogen and oxygen atoms in total. The van der Waals surface area contributed by atoms with E-state index in [9.17, 15) is 8.42 Å². The van der Waals surface area contributed by atoms with Gasteiger partial charge in [-0.2, -0.15) is 0 Å². The Balaban J connectivity index is 1.90. The molecular weight excluding hydrogens is 358 g/mol. The highest BCUT2D eigenvalue weighted by atomic mass is 32.2. The molecule has 6 heteroatoms. The first-order valence-electron chi connectivity index (χ1n) is 9.50. The van der Waals surface area contributed by atoms with Gasteiger partial charge in [0.2, 0.25) is 10.0 Å². The Hall–Kier alpha value is -2.05. The first-order valence-corrected chi connectivity index (χ1v) is 11.2. The van der Waals surface area contributed by atoms with Crippen LogP contribution in [0.25, 0.3) is 0 Å². The van der Waals surface area contributed by atoms with Crippen LogP contribution in [0.2, 0.25) is 0 Å². The van der Waals surface area contributed by atoms with E-state index in [1.165, 1.54) is 11.3 Å². The molecule has 0 amide bonds. The predicted octanol–water partition coefficient (Wildman–Crippen LogP) is 3.19. The molecule has 1 heterocycles. The van der Waals surface area contributed by atoms with Crippen molar-refractivity contribution in [1.29, 1.82) is 0 Å². The zero-order valence-electron chi connectivity index (χ0n) is 16.4. The van der Waals surface area contributed by atoms with Crippen LogP contribution in [0.1, 0.15) is 30.5 Å². The number of fused-ring (bicyclic) bond motifs is 1. The summed E-state index contributed by atoms with van der Waals surface area (Å²) in [5.41, 5.74) is 4.78. The van der Waals surface area contributed by atoms with Crippen molar-refractivity contribution in [3.63, 3.8) is 0 Å². The quantitative estimate of drug-likeness (QED) is 0.756. The number of hydrogen-bond donors (Lipinski definition) is 1. The molecule has 0 saturated carbocycles. The van der Waals surface area contributed by atoms with Crippen molar-refractivity contribution in [2.75, 3.05) is 42.7 Å². The molecule has 1 aliphatic heterocycles. The molecule has 0 radical (unpaired) electrons. The summed E-state index contributed by atoms with van der Waals surface area (Å²) in [5, 5.41) is 0. The third-order valence-electron chi connectivity index (χ3n) is 5.06. The van der Waals surface area contributed by atoms with E-state index in [0.29, 0.717) is 13.0 Å². The van der Waals surface area contributed by atoms with Crippen molar-refractivity contribution in [1.82, 2.24) is 4.72 Å². The number of rotatable bonds is 8. The zero-order chi connectivity index (χ0) is 19.4. The van der Waals surface area contributed by atoms with Gasteiger partial charge < -0.3 is 9.80 Å². The largest absolute Gasteiger partial charge is 0.378 e. The molecule has 0 aromatic heterocycles. The van der Waals surface area contributed by atoms with E-state index in [2.05, 4.69) is 57.0 Å². The number of hydrogen-bond acceptors (Lipinski definition) is 4. The Kier molecular flexibility index (Phi) is 6.07. The highest BCUT2D eigenvalue weighted by Crippen LogP contribution is 2.35. The van der Waals surface area contributed by atoms with E-state index in [1.54, 1.807) is 0 Å². The minimum Gasteiger partial charge on any atom is -0.378 e. The van der Waals surface area contributed by atoms with Gasteiger partial charge in [0, 0.05) is 38.6 Å². The minimum absolute atomic E-state index is 0.0310. The molecule has 1 N–H and O–H groups in total. The van der Waals surface area contributed by atoms with Gasteiger partial charge in [-0.25, -0.2) is 13.1 Å². The average molecular weight is 388 g/mol. The Morgan fingerprint density at radius 2 is 1.81 bits per heavy atom. The molecule has 0 saturated heterocycles.